The van der Waals surface area contributed by atoms with Crippen LogP contribution in [0.25, 0.3) is 0 Å². The number of aliphatic carboxylic acids is 1. The Kier molecular flexibility index (Phi) is 11.6. The van der Waals surface area contributed by atoms with E-state index in [1.54, 1.807) is 6.92 Å². The largest absolute Gasteiger partial charge is 0.479 e. The molecule has 2 saturated heterocycles. The van der Waals surface area contributed by atoms with Crippen LogP contribution in [-0.4, -0.2) is 128 Å². The van der Waals surface area contributed by atoms with Crippen LogP contribution in [0.15, 0.2) is 0 Å². The van der Waals surface area contributed by atoms with Crippen molar-refractivity contribution in [2.45, 2.75) is 151 Å². The molecule has 13 heteroatoms. The maximum Gasteiger partial charge on any atom is 0.332 e. The third kappa shape index (κ3) is 7.51. The quantitative estimate of drug-likeness (QED) is 0.173. The highest BCUT2D eigenvalue weighted by Crippen LogP contribution is 2.34. The summed E-state index contributed by atoms with van der Waals surface area (Å²) in [5.41, 5.74) is 0. The molecule has 40 heavy (non-hydrogen) atoms. The molecule has 13 nitrogen and oxygen atoms in total. The van der Waals surface area contributed by atoms with E-state index in [0.29, 0.717) is 12.8 Å². The molecule has 0 unspecified atom stereocenters. The fourth-order valence-corrected chi connectivity index (χ4v) is 6.30. The second kappa shape index (κ2) is 14.5. The van der Waals surface area contributed by atoms with E-state index in [-0.39, 0.29) is 12.3 Å². The van der Waals surface area contributed by atoms with Crippen molar-refractivity contribution in [2.75, 3.05) is 6.61 Å². The van der Waals surface area contributed by atoms with Crippen molar-refractivity contribution in [2.24, 2.45) is 5.92 Å². The zero-order valence-electron chi connectivity index (χ0n) is 22.9. The van der Waals surface area contributed by atoms with E-state index in [1.165, 1.54) is 0 Å². The Labute approximate surface area is 233 Å². The van der Waals surface area contributed by atoms with Gasteiger partial charge in [-0.05, 0) is 32.1 Å². The maximum atomic E-state index is 12.1. The number of hydrogen-bond acceptors (Lipinski definition) is 12. The summed E-state index contributed by atoms with van der Waals surface area (Å²) in [5.74, 6) is -1.02. The first-order valence-electron chi connectivity index (χ1n) is 14.6. The highest BCUT2D eigenvalue weighted by Gasteiger charge is 2.50. The molecule has 0 radical (unpaired) electrons. The van der Waals surface area contributed by atoms with E-state index in [9.17, 15) is 40.5 Å². The Hall–Kier alpha value is -0.970. The normalized spacial score (nSPS) is 44.3. The van der Waals surface area contributed by atoms with Gasteiger partial charge in [-0.15, -0.1) is 0 Å². The molecule has 13 atom stereocenters. The minimum absolute atomic E-state index is 0.171. The first-order chi connectivity index (χ1) is 19.1. The minimum Gasteiger partial charge on any atom is -0.479 e. The van der Waals surface area contributed by atoms with Crippen molar-refractivity contribution in [1.29, 1.82) is 0 Å². The Morgan fingerprint density at radius 3 is 1.93 bits per heavy atom. The lowest BCUT2D eigenvalue weighted by molar-refractivity contribution is -0.345. The van der Waals surface area contributed by atoms with Crippen molar-refractivity contribution in [3.8, 4) is 0 Å². The Morgan fingerprint density at radius 1 is 0.775 bits per heavy atom. The molecule has 2 heterocycles. The van der Waals surface area contributed by atoms with E-state index in [1.807, 2.05) is 0 Å². The molecule has 7 N–H and O–H groups in total. The number of rotatable bonds is 10. The minimum atomic E-state index is -1.57. The van der Waals surface area contributed by atoms with Crippen LogP contribution < -0.4 is 0 Å². The van der Waals surface area contributed by atoms with Crippen LogP contribution in [0.1, 0.15) is 71.1 Å². The van der Waals surface area contributed by atoms with Gasteiger partial charge in [0.1, 0.15) is 42.7 Å². The monoisotopic (exact) mass is 578 g/mol. The van der Waals surface area contributed by atoms with Gasteiger partial charge in [0.2, 0.25) is 0 Å². The van der Waals surface area contributed by atoms with Gasteiger partial charge in [0, 0.05) is 0 Å². The summed E-state index contributed by atoms with van der Waals surface area (Å²) in [6.45, 7) is 0.940. The van der Waals surface area contributed by atoms with Crippen molar-refractivity contribution in [3.63, 3.8) is 0 Å². The average Bonchev–Trinajstić information content (AvgIpc) is 2.95. The molecule has 2 saturated carbocycles. The number of carboxylic acid groups (broad SMARTS) is 1. The van der Waals surface area contributed by atoms with Crippen LogP contribution >= 0.6 is 0 Å². The summed E-state index contributed by atoms with van der Waals surface area (Å²) in [6, 6.07) is 0. The van der Waals surface area contributed by atoms with E-state index < -0.39 is 92.3 Å². The second-order valence-electron chi connectivity index (χ2n) is 11.7. The first-order valence-corrected chi connectivity index (χ1v) is 14.6. The fraction of sp³-hybridized carbons (Fsp3) is 0.963. The van der Waals surface area contributed by atoms with Crippen LogP contribution in [0.2, 0.25) is 0 Å². The van der Waals surface area contributed by atoms with Gasteiger partial charge in [-0.2, -0.15) is 0 Å². The van der Waals surface area contributed by atoms with Gasteiger partial charge in [0.15, 0.2) is 18.7 Å². The molecule has 0 aromatic carbocycles. The van der Waals surface area contributed by atoms with Crippen molar-refractivity contribution in [3.05, 3.63) is 0 Å². The Bertz CT molecular complexity index is 794. The highest BCUT2D eigenvalue weighted by molar-refractivity contribution is 5.72. The van der Waals surface area contributed by atoms with Crippen LogP contribution in [0.3, 0.4) is 0 Å². The fourth-order valence-electron chi connectivity index (χ4n) is 6.30. The van der Waals surface area contributed by atoms with E-state index >= 15 is 0 Å². The number of carboxylic acids is 1. The SMILES string of the molecule is C[C@@H]1O[C@@H](O[C@@H]2CCCC[C@H]2O[C@@H]2O[C@H](CO)[C@H](O)[C@H](O[C@@H](CC3CCCCC3)C(=O)O)[C@H]2O)[C@@H](O)[C@H](O)[C@@H]1O. The lowest BCUT2D eigenvalue weighted by atomic mass is 9.85. The predicted molar refractivity (Wildman–Crippen MR) is 136 cm³/mol. The summed E-state index contributed by atoms with van der Waals surface area (Å²) in [7, 11) is 0. The van der Waals surface area contributed by atoms with Gasteiger partial charge in [0.25, 0.3) is 0 Å². The molecule has 0 amide bonds. The van der Waals surface area contributed by atoms with Crippen molar-refractivity contribution in [1.82, 2.24) is 0 Å². The number of aliphatic hydroxyl groups excluding tert-OH is 6. The molecule has 2 aliphatic heterocycles. The van der Waals surface area contributed by atoms with Gasteiger partial charge >= 0.3 is 5.97 Å². The molecular formula is C27H46O13. The van der Waals surface area contributed by atoms with Crippen LogP contribution in [-0.2, 0) is 28.5 Å². The number of hydrogen-bond donors (Lipinski definition) is 7. The third-order valence-electron chi connectivity index (χ3n) is 8.76. The number of aliphatic hydroxyl groups is 6. The van der Waals surface area contributed by atoms with Gasteiger partial charge in [-0.1, -0.05) is 44.9 Å². The third-order valence-corrected chi connectivity index (χ3v) is 8.76. The zero-order chi connectivity index (χ0) is 29.0. The van der Waals surface area contributed by atoms with Gasteiger partial charge in [-0.25, -0.2) is 4.79 Å². The van der Waals surface area contributed by atoms with E-state index in [0.717, 1.165) is 44.9 Å². The van der Waals surface area contributed by atoms with Gasteiger partial charge in [-0.3, -0.25) is 0 Å². The Balaban J connectivity index is 1.43. The maximum absolute atomic E-state index is 12.1. The molecule has 4 rings (SSSR count). The zero-order valence-corrected chi connectivity index (χ0v) is 22.9. The standard InChI is InChI=1S/C27H46O13/c1-13-19(29)21(31)22(32)26(36-13)38-15-9-5-6-10-16(15)39-27-23(33)24(20(30)18(12-28)40-27)37-17(25(34)35)11-14-7-3-2-4-8-14/h13-24,26-33H,2-12H2,1H3,(H,34,35)/t13-,15+,16+,17-,18+,19+,20-,21+,22-,23+,24-,26-,27+/m0/s1. The number of carbonyl (C=O) groups is 1. The molecule has 4 aliphatic rings. The van der Waals surface area contributed by atoms with Crippen LogP contribution in [0.4, 0.5) is 0 Å². The smallest absolute Gasteiger partial charge is 0.332 e. The van der Waals surface area contributed by atoms with Gasteiger partial charge in [0.05, 0.1) is 24.9 Å². The first kappa shape index (κ1) is 32.0. The summed E-state index contributed by atoms with van der Waals surface area (Å²) in [5, 5.41) is 72.2. The summed E-state index contributed by atoms with van der Waals surface area (Å²) < 4.78 is 29.2. The van der Waals surface area contributed by atoms with Crippen LogP contribution in [0, 0.1) is 5.92 Å². The summed E-state index contributed by atoms with van der Waals surface area (Å²) in [4.78, 5) is 12.1. The van der Waals surface area contributed by atoms with Crippen molar-refractivity contribution < 1.29 is 64.2 Å². The predicted octanol–water partition coefficient (Wildman–Crippen LogP) is -0.594. The molecule has 0 aromatic rings. The Morgan fingerprint density at radius 2 is 1.35 bits per heavy atom. The topological polar surface area (TPSA) is 205 Å². The average molecular weight is 579 g/mol. The second-order valence-corrected chi connectivity index (χ2v) is 11.7. The van der Waals surface area contributed by atoms with Gasteiger partial charge < -0.3 is 59.4 Å². The van der Waals surface area contributed by atoms with Crippen molar-refractivity contribution >= 4 is 5.97 Å². The lowest BCUT2D eigenvalue weighted by Crippen LogP contribution is -2.62. The summed E-state index contributed by atoms with van der Waals surface area (Å²) >= 11 is 0. The number of ether oxygens (including phenoxy) is 5. The summed E-state index contributed by atoms with van der Waals surface area (Å²) in [6.07, 6.45) is -8.00. The molecule has 232 valence electrons. The molecule has 4 fully saturated rings. The van der Waals surface area contributed by atoms with E-state index in [2.05, 4.69) is 0 Å². The van der Waals surface area contributed by atoms with Crippen LogP contribution in [0.5, 0.6) is 0 Å². The molecule has 0 spiro atoms. The van der Waals surface area contributed by atoms with E-state index in [4.69, 9.17) is 23.7 Å². The molecule has 2 aliphatic carbocycles. The molecule has 0 bridgehead atoms. The highest BCUT2D eigenvalue weighted by atomic mass is 16.7. The molecule has 0 aromatic heterocycles. The molecular weight excluding hydrogens is 532 g/mol. The lowest BCUT2D eigenvalue weighted by Gasteiger charge is -2.46.